The smallest absolute Gasteiger partial charge is 0.306 e. The Balaban J connectivity index is 0.00000115. The summed E-state index contributed by atoms with van der Waals surface area (Å²) < 4.78 is 18.7. The van der Waals surface area contributed by atoms with E-state index in [9.17, 15) is 9.18 Å². The van der Waals surface area contributed by atoms with Gasteiger partial charge in [0.05, 0.1) is 13.5 Å². The Morgan fingerprint density at radius 2 is 1.92 bits per heavy atom. The molecule has 1 fully saturated rings. The second-order valence-electron chi connectivity index (χ2n) is 9.50. The summed E-state index contributed by atoms with van der Waals surface area (Å²) in [6, 6.07) is 11.1. The fraction of sp³-hybridized carbons (Fsp3) is 0.613. The van der Waals surface area contributed by atoms with Crippen LogP contribution in [0.1, 0.15) is 89.0 Å². The van der Waals surface area contributed by atoms with Crippen molar-refractivity contribution in [2.75, 3.05) is 38.6 Å². The summed E-state index contributed by atoms with van der Waals surface area (Å²) in [4.78, 5) is 19.3. The largest absolute Gasteiger partial charge is 0.469 e. The van der Waals surface area contributed by atoms with Gasteiger partial charge in [-0.1, -0.05) is 45.9 Å². The van der Waals surface area contributed by atoms with Gasteiger partial charge in [0.25, 0.3) is 0 Å². The maximum absolute atomic E-state index is 13.8. The number of hydrogen-bond donors (Lipinski definition) is 1. The van der Waals surface area contributed by atoms with Crippen molar-refractivity contribution < 1.29 is 13.9 Å². The van der Waals surface area contributed by atoms with Gasteiger partial charge in [0.1, 0.15) is 11.6 Å². The average Bonchev–Trinajstić information content (AvgIpc) is 2.95. The Bertz CT molecular complexity index is 928. The molecule has 0 saturated carbocycles. The first-order chi connectivity index (χ1) is 18.1. The lowest BCUT2D eigenvalue weighted by Crippen LogP contribution is -2.35. The fourth-order valence-corrected chi connectivity index (χ4v) is 5.22. The van der Waals surface area contributed by atoms with Gasteiger partial charge in [-0.05, 0) is 106 Å². The second-order valence-corrected chi connectivity index (χ2v) is 9.50. The number of nitrogens with zero attached hydrogens (tertiary/aromatic N) is 2. The number of hydrogen-bond acceptors (Lipinski definition) is 5. The van der Waals surface area contributed by atoms with Crippen LogP contribution >= 0.6 is 0 Å². The highest BCUT2D eigenvalue weighted by molar-refractivity contribution is 5.70. The van der Waals surface area contributed by atoms with Gasteiger partial charge in [-0.15, -0.1) is 0 Å². The summed E-state index contributed by atoms with van der Waals surface area (Å²) in [5.41, 5.74) is 3.42. The van der Waals surface area contributed by atoms with Crippen LogP contribution in [0, 0.1) is 11.7 Å². The molecule has 1 aromatic heterocycles. The topological polar surface area (TPSA) is 54.5 Å². The first kappa shape index (κ1) is 30.8. The number of aryl methyl sites for hydroxylation is 2. The number of fused-ring (bicyclic) bond motifs is 1. The number of methoxy groups -OCH3 is 1. The highest BCUT2D eigenvalue weighted by atomic mass is 19.1. The minimum Gasteiger partial charge on any atom is -0.469 e. The Morgan fingerprint density at radius 3 is 2.62 bits per heavy atom. The van der Waals surface area contributed by atoms with E-state index in [4.69, 9.17) is 9.72 Å². The summed E-state index contributed by atoms with van der Waals surface area (Å²) in [6.07, 6.45) is 7.89. The number of aromatic nitrogens is 1. The van der Waals surface area contributed by atoms with Crippen molar-refractivity contribution in [1.29, 1.82) is 0 Å². The van der Waals surface area contributed by atoms with Crippen molar-refractivity contribution >= 4 is 11.8 Å². The van der Waals surface area contributed by atoms with E-state index in [2.05, 4.69) is 22.3 Å². The third kappa shape index (κ3) is 10.1. The van der Waals surface area contributed by atoms with E-state index in [0.717, 1.165) is 76.1 Å². The van der Waals surface area contributed by atoms with Crippen molar-refractivity contribution in [3.8, 4) is 0 Å². The monoisotopic (exact) mass is 513 g/mol. The van der Waals surface area contributed by atoms with Crippen LogP contribution in [0.3, 0.4) is 0 Å². The van der Waals surface area contributed by atoms with E-state index in [1.165, 1.54) is 30.9 Å². The van der Waals surface area contributed by atoms with Crippen molar-refractivity contribution in [3.63, 3.8) is 0 Å². The zero-order valence-electron chi connectivity index (χ0n) is 23.7. The van der Waals surface area contributed by atoms with Crippen molar-refractivity contribution in [2.45, 2.75) is 85.0 Å². The quantitative estimate of drug-likeness (QED) is 0.365. The van der Waals surface area contributed by atoms with Gasteiger partial charge in [-0.25, -0.2) is 9.37 Å². The first-order valence-electron chi connectivity index (χ1n) is 14.4. The maximum Gasteiger partial charge on any atom is 0.306 e. The molecule has 0 aliphatic carbocycles. The molecule has 0 bridgehead atoms. The number of rotatable bonds is 9. The number of halogens is 1. The molecule has 37 heavy (non-hydrogen) atoms. The molecule has 206 valence electrons. The predicted molar refractivity (Wildman–Crippen MR) is 152 cm³/mol. The van der Waals surface area contributed by atoms with E-state index in [-0.39, 0.29) is 17.7 Å². The molecular formula is C31H48FN3O2. The molecule has 2 aromatic rings. The number of carbonyl (C=O) groups is 1. The molecule has 1 atom stereocenters. The molecule has 2 aliphatic rings. The molecule has 2 aliphatic heterocycles. The van der Waals surface area contributed by atoms with E-state index in [1.54, 1.807) is 12.1 Å². The SMILES string of the molecule is CC.CC.COC(=O)CC(CC1CCN(CCCc2ccc3c(n2)NCCC3)CC1)c1cccc(F)c1. The summed E-state index contributed by atoms with van der Waals surface area (Å²) >= 11 is 0. The molecule has 0 radical (unpaired) electrons. The Morgan fingerprint density at radius 1 is 1.16 bits per heavy atom. The standard InChI is InChI=1S/C27H36FN3O2.2C2H6/c1-33-26(32)19-23(22-5-2-7-24(28)18-22)17-20-11-15-31(16-12-20)14-4-8-25-10-9-21-6-3-13-29-27(21)30-25;2*1-2/h2,5,7,9-10,18,20,23H,3-4,6,8,11-17,19H2,1H3,(H,29,30);2*1-2H3. The minimum atomic E-state index is -0.249. The van der Waals surface area contributed by atoms with Crippen molar-refractivity contribution in [3.05, 3.63) is 59.0 Å². The molecule has 0 amide bonds. The Labute approximate surface area is 224 Å². The van der Waals surface area contributed by atoms with Crippen LogP contribution < -0.4 is 5.32 Å². The van der Waals surface area contributed by atoms with E-state index in [0.29, 0.717) is 12.3 Å². The van der Waals surface area contributed by atoms with Crippen LogP contribution in [0.25, 0.3) is 0 Å². The minimum absolute atomic E-state index is 0.00777. The molecule has 4 rings (SSSR count). The summed E-state index contributed by atoms with van der Waals surface area (Å²) in [5.74, 6) is 1.16. The number of anilines is 1. The predicted octanol–water partition coefficient (Wildman–Crippen LogP) is 7.01. The fourth-order valence-electron chi connectivity index (χ4n) is 5.22. The number of benzene rings is 1. The number of piperidine rings is 1. The highest BCUT2D eigenvalue weighted by Crippen LogP contribution is 2.33. The first-order valence-corrected chi connectivity index (χ1v) is 14.4. The van der Waals surface area contributed by atoms with Gasteiger partial charge in [0.15, 0.2) is 0 Å². The van der Waals surface area contributed by atoms with Crippen LogP contribution in [0.15, 0.2) is 36.4 Å². The second kappa shape index (κ2) is 17.1. The van der Waals surface area contributed by atoms with Crippen molar-refractivity contribution in [2.24, 2.45) is 5.92 Å². The Kier molecular flexibility index (Phi) is 14.2. The lowest BCUT2D eigenvalue weighted by atomic mass is 9.82. The molecule has 6 heteroatoms. The number of carbonyl (C=O) groups excluding carboxylic acids is 1. The average molecular weight is 514 g/mol. The summed E-state index contributed by atoms with van der Waals surface area (Å²) in [7, 11) is 1.42. The van der Waals surface area contributed by atoms with Crippen LogP contribution in [-0.2, 0) is 22.4 Å². The molecule has 0 spiro atoms. The normalized spacial score (nSPS) is 16.2. The number of nitrogens with one attached hydrogen (secondary N) is 1. The molecule has 1 saturated heterocycles. The lowest BCUT2D eigenvalue weighted by molar-refractivity contribution is -0.141. The summed E-state index contributed by atoms with van der Waals surface area (Å²) in [6.45, 7) is 12.3. The van der Waals surface area contributed by atoms with Crippen LogP contribution in [-0.4, -0.2) is 49.1 Å². The van der Waals surface area contributed by atoms with Gasteiger partial charge < -0.3 is 15.0 Å². The van der Waals surface area contributed by atoms with Crippen LogP contribution in [0.4, 0.5) is 10.2 Å². The number of esters is 1. The van der Waals surface area contributed by atoms with Gasteiger partial charge in [0, 0.05) is 12.2 Å². The third-order valence-corrected chi connectivity index (χ3v) is 7.14. The van der Waals surface area contributed by atoms with Gasteiger partial charge in [-0.2, -0.15) is 0 Å². The zero-order valence-corrected chi connectivity index (χ0v) is 23.7. The highest BCUT2D eigenvalue weighted by Gasteiger charge is 2.25. The van der Waals surface area contributed by atoms with E-state index < -0.39 is 0 Å². The maximum atomic E-state index is 13.8. The van der Waals surface area contributed by atoms with Gasteiger partial charge in [0.2, 0.25) is 0 Å². The molecular weight excluding hydrogens is 465 g/mol. The van der Waals surface area contributed by atoms with Crippen molar-refractivity contribution in [1.82, 2.24) is 9.88 Å². The number of likely N-dealkylation sites (tertiary alicyclic amines) is 1. The molecule has 1 aromatic carbocycles. The van der Waals surface area contributed by atoms with Crippen LogP contribution in [0.5, 0.6) is 0 Å². The van der Waals surface area contributed by atoms with Gasteiger partial charge in [-0.3, -0.25) is 4.79 Å². The molecule has 3 heterocycles. The van der Waals surface area contributed by atoms with Crippen LogP contribution in [0.2, 0.25) is 0 Å². The molecule has 1 N–H and O–H groups in total. The Hall–Kier alpha value is -2.47. The summed E-state index contributed by atoms with van der Waals surface area (Å²) in [5, 5.41) is 3.42. The third-order valence-electron chi connectivity index (χ3n) is 7.14. The van der Waals surface area contributed by atoms with Gasteiger partial charge >= 0.3 is 5.97 Å². The lowest BCUT2D eigenvalue weighted by Gasteiger charge is -2.33. The zero-order chi connectivity index (χ0) is 27.0. The number of pyridine rings is 1. The van der Waals surface area contributed by atoms with E-state index in [1.807, 2.05) is 33.8 Å². The molecule has 1 unspecified atom stereocenters. The molecule has 5 nitrogen and oxygen atoms in total. The van der Waals surface area contributed by atoms with E-state index >= 15 is 0 Å². The number of ether oxygens (including phenoxy) is 1.